The molecule has 2 rings (SSSR count). The summed E-state index contributed by atoms with van der Waals surface area (Å²) in [5.74, 6) is -0.344. The van der Waals surface area contributed by atoms with Crippen LogP contribution in [-0.2, 0) is 14.3 Å². The van der Waals surface area contributed by atoms with Gasteiger partial charge in [-0.15, -0.1) is 0 Å². The summed E-state index contributed by atoms with van der Waals surface area (Å²) in [6, 6.07) is 0. The van der Waals surface area contributed by atoms with Crippen LogP contribution in [0.1, 0.15) is 12.8 Å². The number of carbonyl (C=O) groups is 2. The number of ether oxygens (including phenoxy) is 1. The van der Waals surface area contributed by atoms with Crippen molar-refractivity contribution in [1.82, 2.24) is 5.32 Å². The number of hydrogen-bond donors (Lipinski definition) is 1. The first kappa shape index (κ1) is 15.9. The van der Waals surface area contributed by atoms with E-state index in [1.807, 2.05) is 6.08 Å². The maximum Gasteiger partial charge on any atom is 0.248 e. The zero-order chi connectivity index (χ0) is 15.2. The molecule has 1 N–H and O–H groups in total. The second-order valence-electron chi connectivity index (χ2n) is 4.80. The van der Waals surface area contributed by atoms with E-state index in [9.17, 15) is 9.59 Å². The van der Waals surface area contributed by atoms with E-state index in [2.05, 4.69) is 26.2 Å². The fraction of sp³-hybridized carbons (Fsp3) is 0.400. The lowest BCUT2D eigenvalue weighted by Gasteiger charge is -2.27. The predicted octanol–water partition coefficient (Wildman–Crippen LogP) is 1.90. The van der Waals surface area contributed by atoms with E-state index in [0.29, 0.717) is 18.7 Å². The molecule has 0 aromatic carbocycles. The smallest absolute Gasteiger partial charge is 0.248 e. The number of rotatable bonds is 5. The molecule has 2 aliphatic rings. The van der Waals surface area contributed by atoms with Gasteiger partial charge in [0.2, 0.25) is 11.8 Å². The van der Waals surface area contributed by atoms with Gasteiger partial charge in [0.05, 0.1) is 12.3 Å². The summed E-state index contributed by atoms with van der Waals surface area (Å²) in [6.45, 7) is 0.399. The van der Waals surface area contributed by atoms with E-state index in [0.717, 1.165) is 23.0 Å². The van der Waals surface area contributed by atoms with E-state index in [1.165, 1.54) is 0 Å². The Morgan fingerprint density at radius 3 is 3.00 bits per heavy atom. The van der Waals surface area contributed by atoms with E-state index < -0.39 is 0 Å². The molecular weight excluding hydrogens is 336 g/mol. The van der Waals surface area contributed by atoms with Crippen LogP contribution < -0.4 is 5.32 Å². The van der Waals surface area contributed by atoms with Crippen LogP contribution in [0.2, 0.25) is 0 Å². The molecule has 0 spiro atoms. The van der Waals surface area contributed by atoms with E-state index >= 15 is 0 Å². The highest BCUT2D eigenvalue weighted by molar-refractivity contribution is 9.09. The molecular formula is C15H17BrN2O3. The van der Waals surface area contributed by atoms with Crippen LogP contribution in [0.15, 0.2) is 40.6 Å². The first-order valence-corrected chi connectivity index (χ1v) is 7.84. The normalized spacial score (nSPS) is 22.5. The Morgan fingerprint density at radius 1 is 1.48 bits per heavy atom. The topological polar surface area (TPSA) is 67.8 Å². The quantitative estimate of drug-likeness (QED) is 0.768. The minimum absolute atomic E-state index is 0.0146. The molecule has 0 bridgehead atoms. The molecule has 1 heterocycles. The average molecular weight is 353 g/mol. The molecule has 2 amide bonds. The van der Waals surface area contributed by atoms with Crippen molar-refractivity contribution in [1.29, 1.82) is 0 Å². The molecule has 0 saturated carbocycles. The van der Waals surface area contributed by atoms with Crippen LogP contribution >= 0.6 is 15.9 Å². The number of amides is 2. The Bertz CT molecular complexity index is 561. The standard InChI is InChI=1S/C15H17BrN2O3/c1-21-9-10-7-15(20)18-13-8-11(4-5-12(10)13)17-14(19)3-2-6-16/h4-5,7-8,12H,2-3,6,9H2,1H3,(H,18,20). The lowest BCUT2D eigenvalue weighted by Crippen LogP contribution is -2.34. The minimum Gasteiger partial charge on any atom is -0.380 e. The van der Waals surface area contributed by atoms with Crippen LogP contribution in [-0.4, -0.2) is 36.6 Å². The van der Waals surface area contributed by atoms with Gasteiger partial charge in [0, 0.05) is 36.6 Å². The predicted molar refractivity (Wildman–Crippen MR) is 84.3 cm³/mol. The van der Waals surface area contributed by atoms with E-state index in [1.54, 1.807) is 25.3 Å². The van der Waals surface area contributed by atoms with Crippen LogP contribution in [0, 0.1) is 5.92 Å². The molecule has 112 valence electrons. The van der Waals surface area contributed by atoms with Gasteiger partial charge in [-0.3, -0.25) is 9.59 Å². The number of allylic oxidation sites excluding steroid dienone is 3. The SMILES string of the molecule is COCC1=CC(=O)NC2=CC(=NC(=O)CCCBr)C=CC12. The zero-order valence-corrected chi connectivity index (χ0v) is 13.4. The number of nitrogens with one attached hydrogen (secondary N) is 1. The zero-order valence-electron chi connectivity index (χ0n) is 11.8. The molecule has 0 aromatic heterocycles. The maximum atomic E-state index is 11.7. The Kier molecular flexibility index (Phi) is 5.64. The number of alkyl halides is 1. The second kappa shape index (κ2) is 7.47. The van der Waals surface area contributed by atoms with Crippen molar-refractivity contribution in [2.45, 2.75) is 12.8 Å². The molecule has 1 atom stereocenters. The maximum absolute atomic E-state index is 11.7. The lowest BCUT2D eigenvalue weighted by atomic mass is 9.88. The summed E-state index contributed by atoms with van der Waals surface area (Å²) < 4.78 is 5.12. The summed E-state index contributed by atoms with van der Waals surface area (Å²) in [7, 11) is 1.60. The number of hydrogen-bond acceptors (Lipinski definition) is 3. The van der Waals surface area contributed by atoms with Gasteiger partial charge in [0.25, 0.3) is 0 Å². The van der Waals surface area contributed by atoms with Gasteiger partial charge in [-0.2, -0.15) is 0 Å². The first-order chi connectivity index (χ1) is 10.1. The highest BCUT2D eigenvalue weighted by Crippen LogP contribution is 2.27. The third kappa shape index (κ3) is 4.22. The fourth-order valence-corrected chi connectivity index (χ4v) is 2.54. The van der Waals surface area contributed by atoms with Crippen LogP contribution in [0.3, 0.4) is 0 Å². The minimum atomic E-state index is -0.176. The second-order valence-corrected chi connectivity index (χ2v) is 5.59. The van der Waals surface area contributed by atoms with Gasteiger partial charge in [-0.25, -0.2) is 4.99 Å². The third-order valence-corrected chi connectivity index (χ3v) is 3.73. The number of carbonyl (C=O) groups excluding carboxylic acids is 2. The molecule has 1 aliphatic heterocycles. The molecule has 0 saturated heterocycles. The van der Waals surface area contributed by atoms with Gasteiger partial charge in [-0.05, 0) is 24.1 Å². The Labute approximate surface area is 132 Å². The van der Waals surface area contributed by atoms with Crippen molar-refractivity contribution in [2.75, 3.05) is 19.0 Å². The summed E-state index contributed by atoms with van der Waals surface area (Å²) in [5.41, 5.74) is 2.21. The molecule has 0 fully saturated rings. The van der Waals surface area contributed by atoms with Gasteiger partial charge >= 0.3 is 0 Å². The Hall–Kier alpha value is -1.53. The molecule has 0 radical (unpaired) electrons. The lowest BCUT2D eigenvalue weighted by molar-refractivity contribution is -0.118. The van der Waals surface area contributed by atoms with Gasteiger partial charge < -0.3 is 10.1 Å². The summed E-state index contributed by atoms with van der Waals surface area (Å²) in [5, 5.41) is 3.57. The number of fused-ring (bicyclic) bond motifs is 1. The Balaban J connectivity index is 2.15. The highest BCUT2D eigenvalue weighted by atomic mass is 79.9. The van der Waals surface area contributed by atoms with Crippen molar-refractivity contribution >= 4 is 33.5 Å². The van der Waals surface area contributed by atoms with Gasteiger partial charge in [0.15, 0.2) is 0 Å². The summed E-state index contributed by atoms with van der Waals surface area (Å²) in [6.07, 6.45) is 8.21. The van der Waals surface area contributed by atoms with Crippen LogP contribution in [0.5, 0.6) is 0 Å². The molecule has 5 nitrogen and oxygen atoms in total. The number of halogens is 1. The van der Waals surface area contributed by atoms with Crippen LogP contribution in [0.4, 0.5) is 0 Å². The largest absolute Gasteiger partial charge is 0.380 e. The first-order valence-electron chi connectivity index (χ1n) is 6.71. The highest BCUT2D eigenvalue weighted by Gasteiger charge is 2.26. The molecule has 1 aliphatic carbocycles. The van der Waals surface area contributed by atoms with Crippen molar-refractivity contribution in [3.63, 3.8) is 0 Å². The van der Waals surface area contributed by atoms with E-state index in [-0.39, 0.29) is 17.7 Å². The number of aliphatic imine (C=N–C) groups is 1. The molecule has 6 heteroatoms. The molecule has 1 unspecified atom stereocenters. The van der Waals surface area contributed by atoms with Crippen molar-refractivity contribution in [2.24, 2.45) is 10.9 Å². The average Bonchev–Trinajstić information content (AvgIpc) is 2.45. The number of nitrogens with zero attached hydrogens (tertiary/aromatic N) is 1. The van der Waals surface area contributed by atoms with Gasteiger partial charge in [-0.1, -0.05) is 22.0 Å². The molecule has 0 aromatic rings. The van der Waals surface area contributed by atoms with Crippen molar-refractivity contribution < 1.29 is 14.3 Å². The third-order valence-electron chi connectivity index (χ3n) is 3.17. The summed E-state index contributed by atoms with van der Waals surface area (Å²) >= 11 is 3.28. The number of methoxy groups -OCH3 is 1. The monoisotopic (exact) mass is 352 g/mol. The van der Waals surface area contributed by atoms with Gasteiger partial charge in [0.1, 0.15) is 0 Å². The summed E-state index contributed by atoms with van der Waals surface area (Å²) in [4.78, 5) is 27.4. The van der Waals surface area contributed by atoms with E-state index in [4.69, 9.17) is 4.74 Å². The Morgan fingerprint density at radius 2 is 2.29 bits per heavy atom. The van der Waals surface area contributed by atoms with Crippen molar-refractivity contribution in [3.8, 4) is 0 Å². The van der Waals surface area contributed by atoms with Crippen molar-refractivity contribution in [3.05, 3.63) is 35.6 Å². The fourth-order valence-electron chi connectivity index (χ4n) is 2.25. The van der Waals surface area contributed by atoms with Crippen LogP contribution in [0.25, 0.3) is 0 Å². The molecule has 21 heavy (non-hydrogen) atoms.